The van der Waals surface area contributed by atoms with Crippen LogP contribution in [0.3, 0.4) is 0 Å². The average Bonchev–Trinajstić information content (AvgIpc) is 2.72. The average molecular weight is 436 g/mol. The second kappa shape index (κ2) is 9.36. The quantitative estimate of drug-likeness (QED) is 0.706. The van der Waals surface area contributed by atoms with E-state index in [4.69, 9.17) is 4.74 Å². The molecule has 0 aliphatic heterocycles. The van der Waals surface area contributed by atoms with Crippen LogP contribution < -0.4 is 10.9 Å². The van der Waals surface area contributed by atoms with Crippen molar-refractivity contribution < 1.29 is 27.5 Å². The van der Waals surface area contributed by atoms with Gasteiger partial charge in [0.2, 0.25) is 0 Å². The third kappa shape index (κ3) is 5.96. The van der Waals surface area contributed by atoms with Crippen molar-refractivity contribution in [3.8, 4) is 0 Å². The van der Waals surface area contributed by atoms with Crippen molar-refractivity contribution in [3.05, 3.63) is 69.1 Å². The van der Waals surface area contributed by atoms with Crippen molar-refractivity contribution in [2.75, 3.05) is 6.61 Å². The van der Waals surface area contributed by atoms with Crippen molar-refractivity contribution in [3.63, 3.8) is 0 Å². The number of halogens is 3. The first-order valence-electron chi connectivity index (χ1n) is 9.98. The summed E-state index contributed by atoms with van der Waals surface area (Å²) in [6.45, 7) is 0.491. The van der Waals surface area contributed by atoms with Crippen LogP contribution in [0.2, 0.25) is 0 Å². The molecular formula is C22H23F3N2O4. The van der Waals surface area contributed by atoms with Crippen LogP contribution in [0.25, 0.3) is 0 Å². The summed E-state index contributed by atoms with van der Waals surface area (Å²) in [4.78, 5) is 35.7. The highest BCUT2D eigenvalue weighted by Crippen LogP contribution is 2.28. The van der Waals surface area contributed by atoms with Crippen LogP contribution in [0.15, 0.2) is 41.3 Å². The number of aromatic nitrogens is 1. The summed E-state index contributed by atoms with van der Waals surface area (Å²) in [6.07, 6.45) is 0.282. The Kier molecular flexibility index (Phi) is 6.82. The number of nitrogens with one attached hydrogen (secondary N) is 1. The summed E-state index contributed by atoms with van der Waals surface area (Å²) in [5, 5.41) is 2.73. The molecule has 31 heavy (non-hydrogen) atoms. The normalized spacial score (nSPS) is 14.5. The number of amides is 1. The van der Waals surface area contributed by atoms with E-state index in [0.717, 1.165) is 30.9 Å². The highest BCUT2D eigenvalue weighted by molar-refractivity contribution is 5.80. The Hall–Kier alpha value is -3.10. The van der Waals surface area contributed by atoms with E-state index in [0.29, 0.717) is 16.8 Å². The molecule has 1 unspecified atom stereocenters. The van der Waals surface area contributed by atoms with Crippen LogP contribution in [0.5, 0.6) is 0 Å². The number of fused-ring (bicyclic) bond motifs is 1. The number of ether oxygens (including phenoxy) is 1. The number of esters is 1. The molecule has 0 radical (unpaired) electrons. The molecule has 1 N–H and O–H groups in total. The molecule has 0 bridgehead atoms. The van der Waals surface area contributed by atoms with Gasteiger partial charge in [0.05, 0.1) is 11.6 Å². The van der Waals surface area contributed by atoms with Gasteiger partial charge >= 0.3 is 12.1 Å². The van der Waals surface area contributed by atoms with Gasteiger partial charge in [-0.25, -0.2) is 0 Å². The molecule has 1 aromatic carbocycles. The Morgan fingerprint density at radius 3 is 2.55 bits per heavy atom. The maximum absolute atomic E-state index is 12.8. The molecule has 0 spiro atoms. The molecule has 1 aliphatic rings. The molecule has 6 nitrogen and oxygen atoms in total. The van der Waals surface area contributed by atoms with Gasteiger partial charge in [0.25, 0.3) is 11.5 Å². The van der Waals surface area contributed by atoms with Gasteiger partial charge in [0.15, 0.2) is 6.61 Å². The topological polar surface area (TPSA) is 77.4 Å². The second-order valence-electron chi connectivity index (χ2n) is 7.57. The number of carbonyl (C=O) groups is 2. The Morgan fingerprint density at radius 1 is 1.13 bits per heavy atom. The van der Waals surface area contributed by atoms with Crippen molar-refractivity contribution in [2.24, 2.45) is 0 Å². The largest absolute Gasteiger partial charge is 0.454 e. The predicted molar refractivity (Wildman–Crippen MR) is 106 cm³/mol. The number of rotatable bonds is 6. The zero-order valence-electron chi connectivity index (χ0n) is 17.0. The summed E-state index contributed by atoms with van der Waals surface area (Å²) >= 11 is 0. The molecule has 2 aromatic rings. The number of hydrogen-bond donors (Lipinski definition) is 1. The number of alkyl halides is 3. The standard InChI is InChI=1S/C22H23F3N2O4/c1-14(16-7-6-15-4-2-3-5-17(15)10-16)26-19(28)13-31-21(30)12-27-11-18(22(23,24)25)8-9-20(27)29/h6-11,14H,2-5,12-13H2,1H3,(H,26,28). The fourth-order valence-corrected chi connectivity index (χ4v) is 3.54. The third-order valence-corrected chi connectivity index (χ3v) is 5.22. The molecule has 3 rings (SSSR count). The molecule has 1 aromatic heterocycles. The van der Waals surface area contributed by atoms with E-state index in [1.54, 1.807) is 0 Å². The van der Waals surface area contributed by atoms with Crippen LogP contribution in [0.4, 0.5) is 13.2 Å². The zero-order chi connectivity index (χ0) is 22.6. The van der Waals surface area contributed by atoms with Crippen molar-refractivity contribution in [1.82, 2.24) is 9.88 Å². The fraction of sp³-hybridized carbons (Fsp3) is 0.409. The Labute approximate surface area is 177 Å². The fourth-order valence-electron chi connectivity index (χ4n) is 3.54. The molecule has 1 heterocycles. The Morgan fingerprint density at radius 2 is 1.84 bits per heavy atom. The molecule has 0 fully saturated rings. The molecule has 1 amide bonds. The van der Waals surface area contributed by atoms with Gasteiger partial charge in [-0.1, -0.05) is 18.2 Å². The van der Waals surface area contributed by atoms with E-state index in [9.17, 15) is 27.6 Å². The molecule has 166 valence electrons. The lowest BCUT2D eigenvalue weighted by atomic mass is 9.89. The Bertz CT molecular complexity index is 1030. The van der Waals surface area contributed by atoms with Crippen LogP contribution in [0.1, 0.15) is 48.1 Å². The van der Waals surface area contributed by atoms with E-state index >= 15 is 0 Å². The van der Waals surface area contributed by atoms with Crippen LogP contribution in [0, 0.1) is 0 Å². The number of hydrogen-bond acceptors (Lipinski definition) is 4. The summed E-state index contributed by atoms with van der Waals surface area (Å²) < 4.78 is 43.7. The lowest BCUT2D eigenvalue weighted by molar-refractivity contribution is -0.149. The predicted octanol–water partition coefficient (Wildman–Crippen LogP) is 3.17. The lowest BCUT2D eigenvalue weighted by Gasteiger charge is -2.20. The van der Waals surface area contributed by atoms with E-state index < -0.39 is 42.3 Å². The van der Waals surface area contributed by atoms with Gasteiger partial charge in [-0.2, -0.15) is 13.2 Å². The minimum absolute atomic E-state index is 0.301. The van der Waals surface area contributed by atoms with E-state index in [1.807, 2.05) is 13.0 Å². The molecular weight excluding hydrogens is 413 g/mol. The minimum Gasteiger partial charge on any atom is -0.454 e. The van der Waals surface area contributed by atoms with Crippen LogP contribution in [-0.2, 0) is 39.9 Å². The molecule has 1 aliphatic carbocycles. The summed E-state index contributed by atoms with van der Waals surface area (Å²) in [6, 6.07) is 7.17. The molecule has 0 saturated carbocycles. The Balaban J connectivity index is 1.53. The highest BCUT2D eigenvalue weighted by Gasteiger charge is 2.31. The van der Waals surface area contributed by atoms with Crippen molar-refractivity contribution in [2.45, 2.75) is 51.4 Å². The van der Waals surface area contributed by atoms with Gasteiger partial charge in [-0.15, -0.1) is 0 Å². The minimum atomic E-state index is -4.65. The van der Waals surface area contributed by atoms with Crippen molar-refractivity contribution in [1.29, 1.82) is 0 Å². The maximum atomic E-state index is 12.8. The molecule has 0 saturated heterocycles. The smallest absolute Gasteiger partial charge is 0.417 e. The van der Waals surface area contributed by atoms with Crippen LogP contribution >= 0.6 is 0 Å². The first-order chi connectivity index (χ1) is 14.6. The first kappa shape index (κ1) is 22.6. The SMILES string of the molecule is CC(NC(=O)COC(=O)Cn1cc(C(F)(F)F)ccc1=O)c1ccc2c(c1)CCCC2. The van der Waals surface area contributed by atoms with Gasteiger partial charge in [-0.3, -0.25) is 14.4 Å². The van der Waals surface area contributed by atoms with E-state index in [-0.39, 0.29) is 6.04 Å². The number of carbonyl (C=O) groups excluding carboxylic acids is 2. The van der Waals surface area contributed by atoms with Gasteiger partial charge in [0, 0.05) is 12.3 Å². The van der Waals surface area contributed by atoms with Gasteiger partial charge in [0.1, 0.15) is 6.54 Å². The van der Waals surface area contributed by atoms with E-state index in [2.05, 4.69) is 17.4 Å². The summed E-state index contributed by atoms with van der Waals surface area (Å²) in [7, 11) is 0. The maximum Gasteiger partial charge on any atom is 0.417 e. The monoisotopic (exact) mass is 436 g/mol. The van der Waals surface area contributed by atoms with Gasteiger partial charge in [-0.05, 0) is 55.4 Å². The zero-order valence-corrected chi connectivity index (χ0v) is 17.0. The third-order valence-electron chi connectivity index (χ3n) is 5.22. The first-order valence-corrected chi connectivity index (χ1v) is 9.98. The van der Waals surface area contributed by atoms with Gasteiger partial charge < -0.3 is 14.6 Å². The van der Waals surface area contributed by atoms with Crippen LogP contribution in [-0.4, -0.2) is 23.1 Å². The number of benzene rings is 1. The lowest BCUT2D eigenvalue weighted by Crippen LogP contribution is -2.32. The highest BCUT2D eigenvalue weighted by atomic mass is 19.4. The number of aryl methyl sites for hydroxylation is 2. The summed E-state index contributed by atoms with van der Waals surface area (Å²) in [5.41, 5.74) is 1.71. The second-order valence-corrected chi connectivity index (χ2v) is 7.57. The number of pyridine rings is 1. The number of nitrogens with zero attached hydrogens (tertiary/aromatic N) is 1. The molecule has 1 atom stereocenters. The molecule has 9 heteroatoms. The summed E-state index contributed by atoms with van der Waals surface area (Å²) in [5.74, 6) is -1.53. The van der Waals surface area contributed by atoms with Crippen molar-refractivity contribution >= 4 is 11.9 Å². The van der Waals surface area contributed by atoms with E-state index in [1.165, 1.54) is 17.5 Å².